The maximum absolute atomic E-state index is 11.9. The van der Waals surface area contributed by atoms with Crippen LogP contribution in [0.4, 0.5) is 0 Å². The summed E-state index contributed by atoms with van der Waals surface area (Å²) in [6.45, 7) is 3.45. The van der Waals surface area contributed by atoms with Crippen LogP contribution in [-0.2, 0) is 28.6 Å². The lowest BCUT2D eigenvalue weighted by atomic mass is 9.78. The van der Waals surface area contributed by atoms with Crippen LogP contribution < -0.4 is 5.32 Å². The second kappa shape index (κ2) is 4.44. The molecule has 3 fully saturated rings. The Bertz CT molecular complexity index is 475. The second-order valence-electron chi connectivity index (χ2n) is 5.75. The van der Waals surface area contributed by atoms with Crippen LogP contribution in [-0.4, -0.2) is 49.3 Å². The fraction of sp³-hybridized carbons (Fsp3) is 0.769. The third-order valence-corrected chi connectivity index (χ3v) is 4.30. The van der Waals surface area contributed by atoms with Gasteiger partial charge >= 0.3 is 17.9 Å². The molecule has 3 aliphatic heterocycles. The van der Waals surface area contributed by atoms with Gasteiger partial charge in [0.25, 0.3) is 0 Å². The maximum atomic E-state index is 11.9. The topological polar surface area (TPSA) is 90.9 Å². The van der Waals surface area contributed by atoms with Crippen molar-refractivity contribution in [3.8, 4) is 0 Å². The van der Waals surface area contributed by atoms with Gasteiger partial charge in [-0.3, -0.25) is 14.4 Å². The van der Waals surface area contributed by atoms with Gasteiger partial charge < -0.3 is 19.5 Å². The van der Waals surface area contributed by atoms with Gasteiger partial charge in [0.1, 0.15) is 0 Å². The standard InChI is InChI=1S/C13H17NO6/c1-4(2)11(15)19-9-7-5(12(16)18-3)6-8(14-7)10(9)20-13(6)17/h4-10,14H,1-3H3. The number of esters is 3. The van der Waals surface area contributed by atoms with Crippen LogP contribution in [0, 0.1) is 17.8 Å². The molecule has 3 heterocycles. The van der Waals surface area contributed by atoms with Crippen molar-refractivity contribution in [1.82, 2.24) is 5.32 Å². The third-order valence-electron chi connectivity index (χ3n) is 4.30. The van der Waals surface area contributed by atoms with Gasteiger partial charge in [0.15, 0.2) is 12.2 Å². The van der Waals surface area contributed by atoms with Crippen LogP contribution in [0.15, 0.2) is 0 Å². The average molecular weight is 283 g/mol. The fourth-order valence-corrected chi connectivity index (χ4v) is 3.37. The summed E-state index contributed by atoms with van der Waals surface area (Å²) in [5.41, 5.74) is 0. The molecule has 3 aliphatic rings. The molecule has 2 bridgehead atoms. The molecule has 20 heavy (non-hydrogen) atoms. The molecule has 1 N–H and O–H groups in total. The van der Waals surface area contributed by atoms with Gasteiger partial charge in [0.2, 0.25) is 0 Å². The number of carbonyl (C=O) groups is 3. The van der Waals surface area contributed by atoms with Crippen molar-refractivity contribution in [2.75, 3.05) is 7.11 Å². The lowest BCUT2D eigenvalue weighted by molar-refractivity contribution is -0.164. The number of hydrogen-bond acceptors (Lipinski definition) is 7. The first-order valence-electron chi connectivity index (χ1n) is 6.70. The Morgan fingerprint density at radius 2 is 2.00 bits per heavy atom. The molecule has 6 unspecified atom stereocenters. The molecule has 0 aromatic rings. The molecule has 6 atom stereocenters. The molecule has 3 saturated heterocycles. The summed E-state index contributed by atoms with van der Waals surface area (Å²) in [6, 6.07) is -0.696. The van der Waals surface area contributed by atoms with E-state index in [1.165, 1.54) is 7.11 Å². The average Bonchev–Trinajstić information content (AvgIpc) is 3.00. The van der Waals surface area contributed by atoms with Crippen molar-refractivity contribution in [2.24, 2.45) is 17.8 Å². The number of methoxy groups -OCH3 is 1. The van der Waals surface area contributed by atoms with Gasteiger partial charge in [-0.2, -0.15) is 0 Å². The van der Waals surface area contributed by atoms with Crippen LogP contribution >= 0.6 is 0 Å². The van der Waals surface area contributed by atoms with E-state index in [-0.39, 0.29) is 17.9 Å². The number of hydrogen-bond donors (Lipinski definition) is 1. The van der Waals surface area contributed by atoms with Crippen LogP contribution in [0.25, 0.3) is 0 Å². The van der Waals surface area contributed by atoms with Gasteiger partial charge in [-0.1, -0.05) is 13.8 Å². The molecule has 0 aromatic carbocycles. The molecule has 0 spiro atoms. The molecule has 7 heteroatoms. The second-order valence-corrected chi connectivity index (χ2v) is 5.75. The lowest BCUT2D eigenvalue weighted by Gasteiger charge is -2.28. The van der Waals surface area contributed by atoms with Gasteiger partial charge in [-0.15, -0.1) is 0 Å². The minimum absolute atomic E-state index is 0.276. The molecule has 0 amide bonds. The number of nitrogens with one attached hydrogen (secondary N) is 1. The number of fused-ring (bicyclic) bond motifs is 1. The summed E-state index contributed by atoms with van der Waals surface area (Å²) in [5.74, 6) is -2.73. The minimum Gasteiger partial charge on any atom is -0.469 e. The third kappa shape index (κ3) is 1.65. The van der Waals surface area contributed by atoms with Crippen LogP contribution in [0.2, 0.25) is 0 Å². The molecule has 3 rings (SSSR count). The van der Waals surface area contributed by atoms with E-state index in [0.29, 0.717) is 0 Å². The van der Waals surface area contributed by atoms with E-state index in [4.69, 9.17) is 14.2 Å². The molecule has 0 aliphatic carbocycles. The molecular weight excluding hydrogens is 266 g/mol. The van der Waals surface area contributed by atoms with Crippen molar-refractivity contribution in [3.05, 3.63) is 0 Å². The SMILES string of the molecule is COC(=O)C1C2NC3C(OC(=O)C31)C2OC(=O)C(C)C. The predicted molar refractivity (Wildman–Crippen MR) is 64.3 cm³/mol. The van der Waals surface area contributed by atoms with E-state index >= 15 is 0 Å². The minimum atomic E-state index is -0.652. The number of rotatable bonds is 3. The normalized spacial score (nSPS) is 40.9. The predicted octanol–water partition coefficient (Wildman–Crippen LogP) is -0.761. The zero-order valence-electron chi connectivity index (χ0n) is 11.5. The first-order valence-corrected chi connectivity index (χ1v) is 6.70. The summed E-state index contributed by atoms with van der Waals surface area (Å²) in [5, 5.41) is 3.16. The molecule has 110 valence electrons. The van der Waals surface area contributed by atoms with Gasteiger partial charge in [0, 0.05) is 0 Å². The summed E-state index contributed by atoms with van der Waals surface area (Å²) in [6.07, 6.45) is -1.12. The molecule has 0 aromatic heterocycles. The highest BCUT2D eigenvalue weighted by atomic mass is 16.6. The van der Waals surface area contributed by atoms with Crippen molar-refractivity contribution in [3.63, 3.8) is 0 Å². The monoisotopic (exact) mass is 283 g/mol. The Labute approximate surface area is 115 Å². The Kier molecular flexibility index (Phi) is 2.97. The maximum Gasteiger partial charge on any atom is 0.312 e. The molecule has 7 nitrogen and oxygen atoms in total. The van der Waals surface area contributed by atoms with Crippen molar-refractivity contribution < 1.29 is 28.6 Å². The highest BCUT2D eigenvalue weighted by Gasteiger charge is 2.70. The van der Waals surface area contributed by atoms with Crippen molar-refractivity contribution in [2.45, 2.75) is 38.1 Å². The Morgan fingerprint density at radius 3 is 2.60 bits per heavy atom. The number of carbonyl (C=O) groups excluding carboxylic acids is 3. The Hall–Kier alpha value is -1.63. The fourth-order valence-electron chi connectivity index (χ4n) is 3.37. The first kappa shape index (κ1) is 13.4. The highest BCUT2D eigenvalue weighted by Crippen LogP contribution is 2.47. The van der Waals surface area contributed by atoms with E-state index in [0.717, 1.165) is 0 Å². The molecule has 0 saturated carbocycles. The lowest BCUT2D eigenvalue weighted by Crippen LogP contribution is -2.48. The van der Waals surface area contributed by atoms with Gasteiger partial charge in [0.05, 0.1) is 36.9 Å². The summed E-state index contributed by atoms with van der Waals surface area (Å²) in [7, 11) is 1.28. The van der Waals surface area contributed by atoms with Crippen LogP contribution in [0.5, 0.6) is 0 Å². The van der Waals surface area contributed by atoms with Gasteiger partial charge in [-0.25, -0.2) is 0 Å². The van der Waals surface area contributed by atoms with E-state index in [2.05, 4.69) is 5.32 Å². The van der Waals surface area contributed by atoms with Crippen molar-refractivity contribution in [1.29, 1.82) is 0 Å². The zero-order valence-corrected chi connectivity index (χ0v) is 11.5. The Morgan fingerprint density at radius 1 is 1.30 bits per heavy atom. The molecule has 0 radical (unpaired) electrons. The Balaban J connectivity index is 1.86. The van der Waals surface area contributed by atoms with E-state index in [1.54, 1.807) is 13.8 Å². The summed E-state index contributed by atoms with van der Waals surface area (Å²) < 4.78 is 15.5. The quantitative estimate of drug-likeness (QED) is 0.537. The first-order chi connectivity index (χ1) is 9.45. The van der Waals surface area contributed by atoms with Crippen molar-refractivity contribution >= 4 is 17.9 Å². The molecular formula is C13H17NO6. The smallest absolute Gasteiger partial charge is 0.312 e. The van der Waals surface area contributed by atoms with E-state index < -0.39 is 42.0 Å². The summed E-state index contributed by atoms with van der Waals surface area (Å²) >= 11 is 0. The van der Waals surface area contributed by atoms with E-state index in [1.807, 2.05) is 0 Å². The zero-order chi connectivity index (χ0) is 14.6. The van der Waals surface area contributed by atoms with E-state index in [9.17, 15) is 14.4 Å². The largest absolute Gasteiger partial charge is 0.469 e. The number of ether oxygens (including phenoxy) is 3. The van der Waals surface area contributed by atoms with Crippen LogP contribution in [0.3, 0.4) is 0 Å². The highest BCUT2D eigenvalue weighted by molar-refractivity contribution is 5.87. The summed E-state index contributed by atoms with van der Waals surface area (Å²) in [4.78, 5) is 35.5. The van der Waals surface area contributed by atoms with Crippen LogP contribution in [0.1, 0.15) is 13.8 Å². The van der Waals surface area contributed by atoms with Gasteiger partial charge in [-0.05, 0) is 0 Å².